The van der Waals surface area contributed by atoms with E-state index in [4.69, 9.17) is 0 Å². The van der Waals surface area contributed by atoms with E-state index in [0.717, 1.165) is 37.6 Å². The van der Waals surface area contributed by atoms with Crippen LogP contribution in [0.1, 0.15) is 31.7 Å². The van der Waals surface area contributed by atoms with Gasteiger partial charge in [-0.25, -0.2) is 4.98 Å². The van der Waals surface area contributed by atoms with Crippen LogP contribution in [0.25, 0.3) is 0 Å². The zero-order valence-corrected chi connectivity index (χ0v) is 12.9. The molecule has 3 rings (SSSR count). The van der Waals surface area contributed by atoms with E-state index in [9.17, 15) is 4.79 Å². The topological polar surface area (TPSA) is 64.3 Å². The van der Waals surface area contributed by atoms with Crippen molar-refractivity contribution in [3.63, 3.8) is 0 Å². The van der Waals surface area contributed by atoms with E-state index in [1.165, 1.54) is 6.42 Å². The van der Waals surface area contributed by atoms with Gasteiger partial charge in [-0.05, 0) is 13.3 Å². The zero-order valence-electron chi connectivity index (χ0n) is 12.9. The molecule has 0 bridgehead atoms. The maximum absolute atomic E-state index is 12.6. The van der Waals surface area contributed by atoms with Gasteiger partial charge in [0.15, 0.2) is 0 Å². The van der Waals surface area contributed by atoms with Crippen LogP contribution >= 0.6 is 0 Å². The number of aromatic nitrogens is 2. The smallest absolute Gasteiger partial charge is 0.240 e. The molecule has 1 aromatic heterocycles. The lowest BCUT2D eigenvalue weighted by Gasteiger charge is -2.39. The fourth-order valence-corrected chi connectivity index (χ4v) is 3.21. The minimum Gasteiger partial charge on any atom is -0.347 e. The second-order valence-corrected chi connectivity index (χ2v) is 6.08. The van der Waals surface area contributed by atoms with Gasteiger partial charge in [-0.3, -0.25) is 15.0 Å². The van der Waals surface area contributed by atoms with Crippen molar-refractivity contribution in [2.45, 2.75) is 45.3 Å². The van der Waals surface area contributed by atoms with Crippen molar-refractivity contribution in [3.8, 4) is 0 Å². The molecule has 2 N–H and O–H groups in total. The molecular weight excluding hydrogens is 266 g/mol. The summed E-state index contributed by atoms with van der Waals surface area (Å²) in [6, 6.07) is 0.498. The summed E-state index contributed by atoms with van der Waals surface area (Å²) in [5.74, 6) is 0.229. The van der Waals surface area contributed by atoms with Gasteiger partial charge in [0.05, 0.1) is 23.8 Å². The lowest BCUT2D eigenvalue weighted by Crippen LogP contribution is -2.56. The van der Waals surface area contributed by atoms with Crippen LogP contribution in [0.15, 0.2) is 6.33 Å². The summed E-state index contributed by atoms with van der Waals surface area (Å²) < 4.78 is 0. The molecule has 2 aliphatic heterocycles. The van der Waals surface area contributed by atoms with Crippen molar-refractivity contribution in [2.24, 2.45) is 0 Å². The molecule has 6 nitrogen and oxygen atoms in total. The average Bonchev–Trinajstić information content (AvgIpc) is 3.01. The highest BCUT2D eigenvalue weighted by molar-refractivity contribution is 5.82. The largest absolute Gasteiger partial charge is 0.347 e. The number of imidazole rings is 1. The van der Waals surface area contributed by atoms with Crippen LogP contribution in [-0.2, 0) is 17.8 Å². The second kappa shape index (κ2) is 6.15. The molecular formula is C15H25N5O. The third kappa shape index (κ3) is 2.96. The third-order valence-corrected chi connectivity index (χ3v) is 4.87. The summed E-state index contributed by atoms with van der Waals surface area (Å²) >= 11 is 0. The SMILES string of the molecule is CCC(C)N1CCN(C(=O)C2Cc3nc[nH]c3CN2)CC1. The Morgan fingerprint density at radius 3 is 2.90 bits per heavy atom. The van der Waals surface area contributed by atoms with Gasteiger partial charge in [0.2, 0.25) is 5.91 Å². The summed E-state index contributed by atoms with van der Waals surface area (Å²) in [5.41, 5.74) is 2.14. The third-order valence-electron chi connectivity index (χ3n) is 4.87. The first-order valence-electron chi connectivity index (χ1n) is 7.96. The Morgan fingerprint density at radius 2 is 2.19 bits per heavy atom. The second-order valence-electron chi connectivity index (χ2n) is 6.08. The number of nitrogens with zero attached hydrogens (tertiary/aromatic N) is 3. The van der Waals surface area contributed by atoms with Crippen LogP contribution in [-0.4, -0.2) is 63.9 Å². The Morgan fingerprint density at radius 1 is 1.43 bits per heavy atom. The summed E-state index contributed by atoms with van der Waals surface area (Å²) in [6.45, 7) is 8.85. The monoisotopic (exact) mass is 291 g/mol. The molecule has 2 unspecified atom stereocenters. The first-order chi connectivity index (χ1) is 10.2. The Labute approximate surface area is 125 Å². The minimum atomic E-state index is -0.115. The molecule has 116 valence electrons. The molecule has 2 atom stereocenters. The predicted octanol–water partition coefficient (Wildman–Crippen LogP) is 0.367. The normalized spacial score (nSPS) is 24.7. The molecule has 0 aromatic carbocycles. The first-order valence-corrected chi connectivity index (χ1v) is 7.96. The highest BCUT2D eigenvalue weighted by Crippen LogP contribution is 2.15. The summed E-state index contributed by atoms with van der Waals surface area (Å²) in [5, 5.41) is 3.33. The highest BCUT2D eigenvalue weighted by atomic mass is 16.2. The number of fused-ring (bicyclic) bond motifs is 1. The zero-order chi connectivity index (χ0) is 14.8. The molecule has 1 aromatic rings. The van der Waals surface area contributed by atoms with Crippen LogP contribution in [0.4, 0.5) is 0 Å². The molecule has 3 heterocycles. The number of carbonyl (C=O) groups excluding carboxylic acids is 1. The fourth-order valence-electron chi connectivity index (χ4n) is 3.21. The van der Waals surface area contributed by atoms with Crippen LogP contribution in [0.5, 0.6) is 0 Å². The number of nitrogens with one attached hydrogen (secondary N) is 2. The molecule has 6 heteroatoms. The fraction of sp³-hybridized carbons (Fsp3) is 0.733. The van der Waals surface area contributed by atoms with E-state index < -0.39 is 0 Å². The number of rotatable bonds is 3. The minimum absolute atomic E-state index is 0.115. The predicted molar refractivity (Wildman–Crippen MR) is 80.8 cm³/mol. The maximum Gasteiger partial charge on any atom is 0.240 e. The van der Waals surface area contributed by atoms with Gasteiger partial charge in [0.25, 0.3) is 0 Å². The van der Waals surface area contributed by atoms with E-state index in [1.54, 1.807) is 6.33 Å². The number of amides is 1. The quantitative estimate of drug-likeness (QED) is 0.844. The Balaban J connectivity index is 1.55. The standard InChI is InChI=1S/C15H25N5O/c1-3-11(2)19-4-6-20(7-5-19)15(21)13-8-12-14(9-16-13)18-10-17-12/h10-11,13,16H,3-9H2,1-2H3,(H,17,18). The number of aromatic amines is 1. The number of hydrogen-bond acceptors (Lipinski definition) is 4. The van der Waals surface area contributed by atoms with Crippen molar-refractivity contribution in [1.29, 1.82) is 0 Å². The van der Waals surface area contributed by atoms with Gasteiger partial charge < -0.3 is 9.88 Å². The van der Waals surface area contributed by atoms with Gasteiger partial charge in [-0.1, -0.05) is 6.92 Å². The molecule has 0 saturated carbocycles. The van der Waals surface area contributed by atoms with Crippen LogP contribution in [0.3, 0.4) is 0 Å². The van der Waals surface area contributed by atoms with E-state index in [-0.39, 0.29) is 11.9 Å². The van der Waals surface area contributed by atoms with Gasteiger partial charge in [-0.15, -0.1) is 0 Å². The van der Waals surface area contributed by atoms with E-state index in [0.29, 0.717) is 19.0 Å². The summed E-state index contributed by atoms with van der Waals surface area (Å²) in [7, 11) is 0. The van der Waals surface area contributed by atoms with Gasteiger partial charge in [-0.2, -0.15) is 0 Å². The van der Waals surface area contributed by atoms with Crippen molar-refractivity contribution in [1.82, 2.24) is 25.1 Å². The molecule has 21 heavy (non-hydrogen) atoms. The molecule has 1 fully saturated rings. The maximum atomic E-state index is 12.6. The number of carbonyl (C=O) groups is 1. The summed E-state index contributed by atoms with van der Waals surface area (Å²) in [6.07, 6.45) is 3.58. The van der Waals surface area contributed by atoms with E-state index in [1.807, 2.05) is 4.90 Å². The Kier molecular flexibility index (Phi) is 4.26. The van der Waals surface area contributed by atoms with Crippen molar-refractivity contribution >= 4 is 5.91 Å². The lowest BCUT2D eigenvalue weighted by atomic mass is 10.0. The number of H-pyrrole nitrogens is 1. The van der Waals surface area contributed by atoms with Crippen molar-refractivity contribution in [2.75, 3.05) is 26.2 Å². The molecule has 0 spiro atoms. The van der Waals surface area contributed by atoms with Crippen LogP contribution in [0, 0.1) is 0 Å². The van der Waals surface area contributed by atoms with Gasteiger partial charge in [0, 0.05) is 45.2 Å². The lowest BCUT2D eigenvalue weighted by molar-refractivity contribution is -0.135. The molecule has 1 saturated heterocycles. The molecule has 2 aliphatic rings. The Bertz CT molecular complexity index is 492. The summed E-state index contributed by atoms with van der Waals surface area (Å²) in [4.78, 5) is 24.5. The molecule has 1 amide bonds. The average molecular weight is 291 g/mol. The van der Waals surface area contributed by atoms with E-state index in [2.05, 4.69) is 34.0 Å². The van der Waals surface area contributed by atoms with Crippen LogP contribution in [0.2, 0.25) is 0 Å². The highest BCUT2D eigenvalue weighted by Gasteiger charge is 2.31. The van der Waals surface area contributed by atoms with Crippen molar-refractivity contribution < 1.29 is 4.79 Å². The molecule has 0 radical (unpaired) electrons. The van der Waals surface area contributed by atoms with Crippen LogP contribution < -0.4 is 5.32 Å². The van der Waals surface area contributed by atoms with Crippen molar-refractivity contribution in [3.05, 3.63) is 17.7 Å². The van der Waals surface area contributed by atoms with E-state index >= 15 is 0 Å². The van der Waals surface area contributed by atoms with Gasteiger partial charge >= 0.3 is 0 Å². The van der Waals surface area contributed by atoms with Gasteiger partial charge in [0.1, 0.15) is 0 Å². The first kappa shape index (κ1) is 14.5. The Hall–Kier alpha value is -1.40. The number of piperazine rings is 1. The molecule has 0 aliphatic carbocycles. The number of hydrogen-bond donors (Lipinski definition) is 2.